The van der Waals surface area contributed by atoms with Gasteiger partial charge in [0.2, 0.25) is 0 Å². The summed E-state index contributed by atoms with van der Waals surface area (Å²) in [4.78, 5) is 15.7. The molecule has 0 saturated carbocycles. The molecule has 4 aromatic carbocycles. The Bertz CT molecular complexity index is 1930. The van der Waals surface area contributed by atoms with E-state index in [0.29, 0.717) is 11.6 Å². The number of fused-ring (bicyclic) bond motifs is 3. The van der Waals surface area contributed by atoms with Crippen molar-refractivity contribution in [1.82, 2.24) is 14.1 Å². The van der Waals surface area contributed by atoms with E-state index in [9.17, 15) is 4.78 Å². The Morgan fingerprint density at radius 2 is 1.34 bits per heavy atom. The molecule has 2 heterocycles. The third-order valence-corrected chi connectivity index (χ3v) is 13.0. The Morgan fingerprint density at radius 3 is 1.87 bits per heavy atom. The molecular formula is C38H37N5O2S2. The molecule has 1 unspecified atom stereocenters. The average Bonchev–Trinajstić information content (AvgIpc) is 3.88. The van der Waals surface area contributed by atoms with Crippen LogP contribution in [-0.2, 0) is 47.7 Å². The van der Waals surface area contributed by atoms with Crippen molar-refractivity contribution in [2.75, 3.05) is 11.1 Å². The van der Waals surface area contributed by atoms with E-state index >= 15 is 9.00 Å². The smallest absolute Gasteiger partial charge is 0.306 e. The van der Waals surface area contributed by atoms with E-state index in [4.69, 9.17) is 0 Å². The number of hydrogen-bond donors (Lipinski definition) is 2. The van der Waals surface area contributed by atoms with Gasteiger partial charge in [-0.2, -0.15) is 5.10 Å². The number of rotatable bonds is 7. The van der Waals surface area contributed by atoms with Crippen molar-refractivity contribution in [1.29, 1.82) is 4.78 Å². The van der Waals surface area contributed by atoms with Crippen LogP contribution in [0.1, 0.15) is 58.2 Å². The van der Waals surface area contributed by atoms with Crippen molar-refractivity contribution in [3.05, 3.63) is 142 Å². The number of nitrogens with zero attached hydrogens (tertiary/aromatic N) is 3. The van der Waals surface area contributed by atoms with Crippen LogP contribution in [0.15, 0.2) is 113 Å². The van der Waals surface area contributed by atoms with Gasteiger partial charge in [0.05, 0.1) is 6.20 Å². The molecule has 1 atom stereocenters. The van der Waals surface area contributed by atoms with Gasteiger partial charge in [0.1, 0.15) is 15.5 Å². The van der Waals surface area contributed by atoms with Gasteiger partial charge in [0.15, 0.2) is 9.92 Å². The van der Waals surface area contributed by atoms with Crippen LogP contribution in [0.3, 0.4) is 0 Å². The van der Waals surface area contributed by atoms with Gasteiger partial charge in [-0.1, -0.05) is 97.1 Å². The molecular weight excluding hydrogens is 623 g/mol. The zero-order valence-corrected chi connectivity index (χ0v) is 27.8. The van der Waals surface area contributed by atoms with Crippen LogP contribution in [0.5, 0.6) is 0 Å². The Labute approximate surface area is 280 Å². The maximum atomic E-state index is 15.8. The molecule has 0 saturated heterocycles. The van der Waals surface area contributed by atoms with Gasteiger partial charge in [-0.05, 0) is 83.9 Å². The quantitative estimate of drug-likeness (QED) is 0.172. The number of amides is 2. The summed E-state index contributed by atoms with van der Waals surface area (Å²) in [6.45, 7) is 0.688. The van der Waals surface area contributed by atoms with Crippen LogP contribution in [0.2, 0.25) is 0 Å². The van der Waals surface area contributed by atoms with Crippen LogP contribution in [0.4, 0.5) is 10.5 Å². The average molecular weight is 660 g/mol. The molecule has 8 rings (SSSR count). The van der Waals surface area contributed by atoms with Crippen LogP contribution in [0.25, 0.3) is 0 Å². The van der Waals surface area contributed by atoms with Crippen molar-refractivity contribution < 1.29 is 9.00 Å². The molecule has 0 radical (unpaired) electrons. The van der Waals surface area contributed by atoms with Gasteiger partial charge >= 0.3 is 6.03 Å². The van der Waals surface area contributed by atoms with Gasteiger partial charge in [-0.3, -0.25) is 4.68 Å². The van der Waals surface area contributed by atoms with E-state index in [-0.39, 0.29) is 4.90 Å². The Hall–Kier alpha value is -4.34. The number of anilines is 1. The predicted molar refractivity (Wildman–Crippen MR) is 187 cm³/mol. The minimum Gasteiger partial charge on any atom is -0.306 e. The molecule has 9 heteroatoms. The van der Waals surface area contributed by atoms with Gasteiger partial charge < -0.3 is 5.32 Å². The number of aryl methyl sites for hydroxylation is 3. The lowest BCUT2D eigenvalue weighted by Crippen LogP contribution is -2.55. The molecule has 1 aliphatic heterocycles. The fraction of sp³-hybridized carbons (Fsp3) is 0.263. The predicted octanol–water partition coefficient (Wildman–Crippen LogP) is 8.20. The molecule has 5 aromatic rings. The van der Waals surface area contributed by atoms with E-state index in [1.54, 1.807) is 18.0 Å². The zero-order chi connectivity index (χ0) is 32.0. The zero-order valence-electron chi connectivity index (χ0n) is 26.2. The number of hydrogen-bond acceptors (Lipinski definition) is 5. The maximum absolute atomic E-state index is 15.8. The minimum absolute atomic E-state index is 0.271. The van der Waals surface area contributed by atoms with Gasteiger partial charge in [0.25, 0.3) is 0 Å². The molecule has 2 N–H and O–H groups in total. The van der Waals surface area contributed by atoms with Crippen molar-refractivity contribution in [2.24, 2.45) is 0 Å². The number of thioether (sulfide) groups is 1. The Kier molecular flexibility index (Phi) is 7.69. The second kappa shape index (κ2) is 12.0. The van der Waals surface area contributed by atoms with Crippen LogP contribution < -0.4 is 5.32 Å². The van der Waals surface area contributed by atoms with Crippen molar-refractivity contribution in [3.63, 3.8) is 0 Å². The standard InChI is InChI=1S/C38H37N5O2S2/c39-47(45,34-26-40-42-23-12-24-46-36(34)42)43(37(44)41-35-32-21-10-13-27(32)25-28-14-11-22-33(28)35)38(29-15-4-1-5-16-29,30-17-6-2-7-18-30)31-19-8-3-9-20-31/h1-9,15-20,25-26,39H,10-14,21-24H2,(H,41,44). The fourth-order valence-electron chi connectivity index (χ4n) is 7.81. The van der Waals surface area contributed by atoms with Crippen LogP contribution in [0, 0.1) is 4.78 Å². The summed E-state index contributed by atoms with van der Waals surface area (Å²) in [6.07, 6.45) is 8.34. The largest absolute Gasteiger partial charge is 0.336 e. The van der Waals surface area contributed by atoms with E-state index in [1.807, 2.05) is 95.7 Å². The second-order valence-electron chi connectivity index (χ2n) is 12.5. The molecule has 1 aromatic heterocycles. The third-order valence-electron chi connectivity index (χ3n) is 9.84. The molecule has 47 heavy (non-hydrogen) atoms. The highest BCUT2D eigenvalue weighted by molar-refractivity contribution is 8.00. The van der Waals surface area contributed by atoms with Crippen molar-refractivity contribution in [3.8, 4) is 0 Å². The summed E-state index contributed by atoms with van der Waals surface area (Å²) in [5, 5.41) is 8.63. The normalized spacial score (nSPS) is 16.5. The van der Waals surface area contributed by atoms with Crippen molar-refractivity contribution in [2.45, 2.75) is 67.0 Å². The molecule has 0 spiro atoms. The molecule has 0 fully saturated rings. The summed E-state index contributed by atoms with van der Waals surface area (Å²) in [7, 11) is -4.03. The minimum atomic E-state index is -4.03. The van der Waals surface area contributed by atoms with Crippen molar-refractivity contribution >= 4 is 33.4 Å². The van der Waals surface area contributed by atoms with Gasteiger partial charge in [0, 0.05) is 18.0 Å². The van der Waals surface area contributed by atoms with E-state index < -0.39 is 21.5 Å². The first-order chi connectivity index (χ1) is 23.0. The second-order valence-corrected chi connectivity index (χ2v) is 15.5. The number of carbonyl (C=O) groups excluding carboxylic acids is 1. The summed E-state index contributed by atoms with van der Waals surface area (Å²) in [5.41, 5.74) is 6.59. The highest BCUT2D eigenvalue weighted by atomic mass is 32.2. The van der Waals surface area contributed by atoms with Gasteiger partial charge in [-0.15, -0.1) is 11.8 Å². The summed E-state index contributed by atoms with van der Waals surface area (Å²) in [6, 6.07) is 31.0. The monoisotopic (exact) mass is 659 g/mol. The molecule has 238 valence electrons. The SMILES string of the molecule is N=S(=O)(c1cnn2c1SCCC2)N(C(=O)Nc1c2c(cc3c1CCC3)CCC2)C(c1ccccc1)(c1ccccc1)c1ccccc1. The van der Waals surface area contributed by atoms with Crippen LogP contribution in [-0.4, -0.2) is 30.1 Å². The molecule has 7 nitrogen and oxygen atoms in total. The number of urea groups is 1. The van der Waals surface area contributed by atoms with E-state index in [0.717, 1.165) is 73.1 Å². The highest BCUT2D eigenvalue weighted by Crippen LogP contribution is 2.48. The number of carbonyl (C=O) groups is 1. The molecule has 2 amide bonds. The topological polar surface area (TPSA) is 91.1 Å². The van der Waals surface area contributed by atoms with E-state index in [2.05, 4.69) is 16.5 Å². The van der Waals surface area contributed by atoms with Gasteiger partial charge in [-0.25, -0.2) is 18.1 Å². The lowest BCUT2D eigenvalue weighted by molar-refractivity contribution is 0.217. The first-order valence-electron chi connectivity index (χ1n) is 16.4. The molecule has 2 aliphatic carbocycles. The lowest BCUT2D eigenvalue weighted by Gasteiger charge is -2.45. The number of aromatic nitrogens is 2. The summed E-state index contributed by atoms with van der Waals surface area (Å²) >= 11 is 1.56. The summed E-state index contributed by atoms with van der Waals surface area (Å²) in [5.74, 6) is 0.837. The highest BCUT2D eigenvalue weighted by Gasteiger charge is 2.51. The molecule has 3 aliphatic rings. The first kappa shape index (κ1) is 30.0. The lowest BCUT2D eigenvalue weighted by atomic mass is 9.77. The Balaban J connectivity index is 1.42. The number of benzene rings is 4. The van der Waals surface area contributed by atoms with E-state index in [1.165, 1.54) is 26.6 Å². The molecule has 0 bridgehead atoms. The Morgan fingerprint density at radius 1 is 0.809 bits per heavy atom. The maximum Gasteiger partial charge on any atom is 0.336 e. The third kappa shape index (κ3) is 4.90. The number of nitrogens with one attached hydrogen (secondary N) is 2. The fourth-order valence-corrected chi connectivity index (χ4v) is 11.0. The summed E-state index contributed by atoms with van der Waals surface area (Å²) < 4.78 is 28.9. The first-order valence-corrected chi connectivity index (χ1v) is 18.9. The van der Waals surface area contributed by atoms with Crippen LogP contribution >= 0.6 is 11.8 Å².